The SMILES string of the molecule is C=CCOC(C)(C)c1cc(C(F)(F)F)ccc1Br. The number of hydrogen-bond donors (Lipinski definition) is 0. The van der Waals surface area contributed by atoms with Crippen molar-refractivity contribution in [1.29, 1.82) is 0 Å². The molecule has 0 atom stereocenters. The van der Waals surface area contributed by atoms with E-state index in [-0.39, 0.29) is 6.61 Å². The monoisotopic (exact) mass is 322 g/mol. The zero-order valence-corrected chi connectivity index (χ0v) is 11.7. The molecule has 0 radical (unpaired) electrons. The van der Waals surface area contributed by atoms with E-state index < -0.39 is 17.3 Å². The lowest BCUT2D eigenvalue weighted by molar-refractivity contribution is -0.137. The van der Waals surface area contributed by atoms with Gasteiger partial charge in [-0.05, 0) is 37.6 Å². The third-order valence-electron chi connectivity index (χ3n) is 2.50. The van der Waals surface area contributed by atoms with Gasteiger partial charge in [-0.25, -0.2) is 0 Å². The van der Waals surface area contributed by atoms with Gasteiger partial charge in [-0.2, -0.15) is 13.2 Å². The molecule has 0 spiro atoms. The van der Waals surface area contributed by atoms with Crippen molar-refractivity contribution in [3.05, 3.63) is 46.5 Å². The number of rotatable bonds is 4. The van der Waals surface area contributed by atoms with E-state index in [9.17, 15) is 13.2 Å². The van der Waals surface area contributed by atoms with Crippen LogP contribution in [0.1, 0.15) is 25.0 Å². The summed E-state index contributed by atoms with van der Waals surface area (Å²) in [5.41, 5.74) is -1.05. The first-order chi connectivity index (χ1) is 8.18. The van der Waals surface area contributed by atoms with Crippen molar-refractivity contribution < 1.29 is 17.9 Å². The molecular weight excluding hydrogens is 309 g/mol. The second-order valence-electron chi connectivity index (χ2n) is 4.30. The maximum atomic E-state index is 12.7. The molecule has 0 aliphatic heterocycles. The summed E-state index contributed by atoms with van der Waals surface area (Å²) in [7, 11) is 0. The van der Waals surface area contributed by atoms with E-state index in [1.165, 1.54) is 6.07 Å². The summed E-state index contributed by atoms with van der Waals surface area (Å²) in [6.07, 6.45) is -2.80. The molecule has 0 aromatic heterocycles. The highest BCUT2D eigenvalue weighted by Crippen LogP contribution is 2.37. The van der Waals surface area contributed by atoms with Gasteiger partial charge in [0.25, 0.3) is 0 Å². The molecule has 0 amide bonds. The molecule has 0 fully saturated rings. The van der Waals surface area contributed by atoms with Crippen molar-refractivity contribution >= 4 is 15.9 Å². The van der Waals surface area contributed by atoms with Gasteiger partial charge in [-0.3, -0.25) is 0 Å². The van der Waals surface area contributed by atoms with Gasteiger partial charge in [0.05, 0.1) is 17.8 Å². The van der Waals surface area contributed by atoms with Gasteiger partial charge in [0.2, 0.25) is 0 Å². The Bertz CT molecular complexity index is 438. The van der Waals surface area contributed by atoms with Gasteiger partial charge in [0.1, 0.15) is 0 Å². The Morgan fingerprint density at radius 2 is 1.94 bits per heavy atom. The molecule has 0 N–H and O–H groups in total. The summed E-state index contributed by atoms with van der Waals surface area (Å²) in [6.45, 7) is 7.23. The lowest BCUT2D eigenvalue weighted by Gasteiger charge is -2.27. The van der Waals surface area contributed by atoms with Crippen LogP contribution in [0.3, 0.4) is 0 Å². The molecule has 0 unspecified atom stereocenters. The third kappa shape index (κ3) is 3.59. The van der Waals surface area contributed by atoms with Crippen molar-refractivity contribution in [3.63, 3.8) is 0 Å². The Hall–Kier alpha value is -0.810. The Kier molecular flexibility index (Phi) is 4.61. The second kappa shape index (κ2) is 5.45. The van der Waals surface area contributed by atoms with Crippen LogP contribution in [0, 0.1) is 0 Å². The van der Waals surface area contributed by atoms with Gasteiger partial charge in [0, 0.05) is 4.47 Å². The highest BCUT2D eigenvalue weighted by atomic mass is 79.9. The van der Waals surface area contributed by atoms with E-state index in [2.05, 4.69) is 22.5 Å². The van der Waals surface area contributed by atoms with Crippen LogP contribution in [0.15, 0.2) is 35.3 Å². The first-order valence-electron chi connectivity index (χ1n) is 5.30. The highest BCUT2D eigenvalue weighted by molar-refractivity contribution is 9.10. The number of benzene rings is 1. The standard InChI is InChI=1S/C13H14BrF3O/c1-4-7-18-12(2,3)10-8-9(13(15,16)17)5-6-11(10)14/h4-6,8H,1,7H2,2-3H3. The van der Waals surface area contributed by atoms with Crippen LogP contribution in [0.25, 0.3) is 0 Å². The lowest BCUT2D eigenvalue weighted by atomic mass is 9.96. The van der Waals surface area contributed by atoms with Crippen LogP contribution in [0.4, 0.5) is 13.2 Å². The van der Waals surface area contributed by atoms with E-state index in [4.69, 9.17) is 4.74 Å². The molecule has 18 heavy (non-hydrogen) atoms. The molecule has 0 aliphatic rings. The second-order valence-corrected chi connectivity index (χ2v) is 5.16. The molecule has 100 valence electrons. The lowest BCUT2D eigenvalue weighted by Crippen LogP contribution is -2.23. The zero-order valence-electron chi connectivity index (χ0n) is 10.1. The van der Waals surface area contributed by atoms with Gasteiger partial charge >= 0.3 is 6.18 Å². The van der Waals surface area contributed by atoms with E-state index in [1.54, 1.807) is 19.9 Å². The molecule has 5 heteroatoms. The quantitative estimate of drug-likeness (QED) is 0.716. The number of hydrogen-bond acceptors (Lipinski definition) is 1. The Morgan fingerprint density at radius 1 is 1.33 bits per heavy atom. The predicted octanol–water partition coefficient (Wildman–Crippen LogP) is 4.91. The minimum absolute atomic E-state index is 0.273. The van der Waals surface area contributed by atoms with E-state index in [1.807, 2.05) is 0 Å². The molecule has 1 nitrogen and oxygen atoms in total. The first-order valence-corrected chi connectivity index (χ1v) is 6.10. The van der Waals surface area contributed by atoms with E-state index >= 15 is 0 Å². The normalized spacial score (nSPS) is 12.6. The maximum Gasteiger partial charge on any atom is 0.416 e. The van der Waals surface area contributed by atoms with Crippen molar-refractivity contribution in [2.24, 2.45) is 0 Å². The average Bonchev–Trinajstić information content (AvgIpc) is 2.25. The largest absolute Gasteiger partial charge is 0.416 e. The number of ether oxygens (including phenoxy) is 1. The molecule has 0 saturated carbocycles. The summed E-state index contributed by atoms with van der Waals surface area (Å²) in [5.74, 6) is 0. The Balaban J connectivity index is 3.18. The molecule has 0 aliphatic carbocycles. The average molecular weight is 323 g/mol. The number of alkyl halides is 3. The van der Waals surface area contributed by atoms with Crippen LogP contribution in [0.2, 0.25) is 0 Å². The zero-order chi connectivity index (χ0) is 14.0. The van der Waals surface area contributed by atoms with Crippen LogP contribution in [0.5, 0.6) is 0 Å². The predicted molar refractivity (Wildman–Crippen MR) is 68.3 cm³/mol. The molecule has 1 rings (SSSR count). The summed E-state index contributed by atoms with van der Waals surface area (Å²) < 4.78 is 44.1. The molecule has 0 bridgehead atoms. The van der Waals surface area contributed by atoms with Crippen molar-refractivity contribution in [2.45, 2.75) is 25.6 Å². The van der Waals surface area contributed by atoms with Gasteiger partial charge < -0.3 is 4.74 Å². The van der Waals surface area contributed by atoms with Crippen molar-refractivity contribution in [3.8, 4) is 0 Å². The van der Waals surface area contributed by atoms with Gasteiger partial charge in [-0.15, -0.1) is 6.58 Å². The van der Waals surface area contributed by atoms with Crippen LogP contribution >= 0.6 is 15.9 Å². The molecular formula is C13H14BrF3O. The minimum atomic E-state index is -4.36. The van der Waals surface area contributed by atoms with E-state index in [0.29, 0.717) is 10.0 Å². The van der Waals surface area contributed by atoms with Crippen molar-refractivity contribution in [1.82, 2.24) is 0 Å². The van der Waals surface area contributed by atoms with Crippen LogP contribution in [-0.4, -0.2) is 6.61 Å². The number of halogens is 4. The fourth-order valence-electron chi connectivity index (χ4n) is 1.51. The third-order valence-corrected chi connectivity index (χ3v) is 3.20. The minimum Gasteiger partial charge on any atom is -0.367 e. The summed E-state index contributed by atoms with van der Waals surface area (Å²) >= 11 is 3.25. The summed E-state index contributed by atoms with van der Waals surface area (Å²) in [4.78, 5) is 0. The molecule has 1 aromatic rings. The smallest absolute Gasteiger partial charge is 0.367 e. The Labute approximate surface area is 113 Å². The Morgan fingerprint density at radius 3 is 2.44 bits per heavy atom. The topological polar surface area (TPSA) is 9.23 Å². The van der Waals surface area contributed by atoms with Crippen LogP contribution in [-0.2, 0) is 16.5 Å². The fraction of sp³-hybridized carbons (Fsp3) is 0.385. The maximum absolute atomic E-state index is 12.7. The van der Waals surface area contributed by atoms with Crippen molar-refractivity contribution in [2.75, 3.05) is 6.61 Å². The van der Waals surface area contributed by atoms with Gasteiger partial charge in [-0.1, -0.05) is 22.0 Å². The van der Waals surface area contributed by atoms with E-state index in [0.717, 1.165) is 12.1 Å². The summed E-state index contributed by atoms with van der Waals surface area (Å²) in [6, 6.07) is 3.53. The highest BCUT2D eigenvalue weighted by Gasteiger charge is 2.33. The fourth-order valence-corrected chi connectivity index (χ4v) is 2.23. The molecule has 1 aromatic carbocycles. The summed E-state index contributed by atoms with van der Waals surface area (Å²) in [5, 5.41) is 0. The first kappa shape index (κ1) is 15.2. The molecule has 0 saturated heterocycles. The van der Waals surface area contributed by atoms with Crippen LogP contribution < -0.4 is 0 Å². The van der Waals surface area contributed by atoms with Gasteiger partial charge in [0.15, 0.2) is 0 Å². The molecule has 0 heterocycles.